The first kappa shape index (κ1) is 17.9. The molecular weight excluding hydrogens is 324 g/mol. The lowest BCUT2D eigenvalue weighted by atomic mass is 9.85. The molecule has 0 saturated carbocycles. The number of nitrogens with zero attached hydrogens (tertiary/aromatic N) is 3. The second kappa shape index (κ2) is 8.43. The van der Waals surface area contributed by atoms with Gasteiger partial charge in [0.25, 0.3) is 0 Å². The molecule has 0 spiro atoms. The minimum Gasteiger partial charge on any atom is -0.351 e. The molecule has 1 amide bonds. The second-order valence-electron chi connectivity index (χ2n) is 6.47. The van der Waals surface area contributed by atoms with Crippen molar-refractivity contribution < 1.29 is 4.79 Å². The van der Waals surface area contributed by atoms with Crippen LogP contribution in [-0.2, 0) is 11.3 Å². The van der Waals surface area contributed by atoms with Crippen molar-refractivity contribution in [2.24, 2.45) is 5.92 Å². The van der Waals surface area contributed by atoms with Gasteiger partial charge in [0, 0.05) is 25.1 Å². The maximum absolute atomic E-state index is 12.8. The van der Waals surface area contributed by atoms with Gasteiger partial charge < -0.3 is 5.32 Å². The lowest BCUT2D eigenvalue weighted by Gasteiger charge is -2.22. The molecule has 0 aliphatic carbocycles. The standard InChI is InChI=1S/C21H24N4O/c1-3-16(2)20(18-8-5-4-6-9-18)21(26)23-15-17-10-11-19(22-14-17)25-13-7-12-24-25/h4-14,16,20H,3,15H2,1-2H3,(H,23,26). The summed E-state index contributed by atoms with van der Waals surface area (Å²) in [4.78, 5) is 17.2. The molecule has 0 aliphatic heterocycles. The van der Waals surface area contributed by atoms with Gasteiger partial charge in [-0.25, -0.2) is 9.67 Å². The van der Waals surface area contributed by atoms with Crippen molar-refractivity contribution in [2.45, 2.75) is 32.7 Å². The average Bonchev–Trinajstić information content (AvgIpc) is 3.22. The van der Waals surface area contributed by atoms with Crippen LogP contribution in [0.15, 0.2) is 67.1 Å². The summed E-state index contributed by atoms with van der Waals surface area (Å²) < 4.78 is 1.71. The first-order valence-electron chi connectivity index (χ1n) is 8.96. The highest BCUT2D eigenvalue weighted by Crippen LogP contribution is 2.27. The van der Waals surface area contributed by atoms with Gasteiger partial charge in [-0.15, -0.1) is 0 Å². The fourth-order valence-corrected chi connectivity index (χ4v) is 2.99. The molecule has 1 aromatic carbocycles. The van der Waals surface area contributed by atoms with Crippen LogP contribution < -0.4 is 5.32 Å². The summed E-state index contributed by atoms with van der Waals surface area (Å²) >= 11 is 0. The van der Waals surface area contributed by atoms with Gasteiger partial charge in [0.2, 0.25) is 5.91 Å². The van der Waals surface area contributed by atoms with Crippen molar-refractivity contribution in [1.29, 1.82) is 0 Å². The number of benzene rings is 1. The largest absolute Gasteiger partial charge is 0.351 e. The Bertz CT molecular complexity index is 813. The summed E-state index contributed by atoms with van der Waals surface area (Å²) in [6.45, 7) is 4.70. The van der Waals surface area contributed by atoms with E-state index < -0.39 is 0 Å². The van der Waals surface area contributed by atoms with E-state index in [1.54, 1.807) is 17.1 Å². The minimum absolute atomic E-state index is 0.0571. The van der Waals surface area contributed by atoms with Crippen LogP contribution in [0.2, 0.25) is 0 Å². The molecular formula is C21H24N4O. The quantitative estimate of drug-likeness (QED) is 0.708. The lowest BCUT2D eigenvalue weighted by molar-refractivity contribution is -0.123. The predicted molar refractivity (Wildman–Crippen MR) is 102 cm³/mol. The number of amides is 1. The van der Waals surface area contributed by atoms with Crippen LogP contribution in [0.1, 0.15) is 37.3 Å². The van der Waals surface area contributed by atoms with Crippen molar-refractivity contribution >= 4 is 5.91 Å². The molecule has 2 aromatic heterocycles. The van der Waals surface area contributed by atoms with Crippen molar-refractivity contribution in [3.63, 3.8) is 0 Å². The highest BCUT2D eigenvalue weighted by molar-refractivity contribution is 5.83. The van der Waals surface area contributed by atoms with Crippen LogP contribution in [-0.4, -0.2) is 20.7 Å². The number of rotatable bonds is 7. The zero-order valence-electron chi connectivity index (χ0n) is 15.2. The number of aromatic nitrogens is 3. The fraction of sp³-hybridized carbons (Fsp3) is 0.286. The smallest absolute Gasteiger partial charge is 0.228 e. The predicted octanol–water partition coefficient (Wildman–Crippen LogP) is 3.71. The van der Waals surface area contributed by atoms with Crippen molar-refractivity contribution in [1.82, 2.24) is 20.1 Å². The van der Waals surface area contributed by atoms with Crippen LogP contribution in [0.3, 0.4) is 0 Å². The van der Waals surface area contributed by atoms with E-state index in [1.807, 2.05) is 54.7 Å². The average molecular weight is 348 g/mol. The molecule has 0 saturated heterocycles. The first-order chi connectivity index (χ1) is 12.7. The molecule has 26 heavy (non-hydrogen) atoms. The van der Waals surface area contributed by atoms with Crippen molar-refractivity contribution in [3.05, 3.63) is 78.2 Å². The Kier molecular flexibility index (Phi) is 5.79. The minimum atomic E-state index is -0.141. The lowest BCUT2D eigenvalue weighted by Crippen LogP contribution is -2.32. The number of carbonyl (C=O) groups excluding carboxylic acids is 1. The molecule has 5 nitrogen and oxygen atoms in total. The SMILES string of the molecule is CCC(C)C(C(=O)NCc1ccc(-n2cccn2)nc1)c1ccccc1. The summed E-state index contributed by atoms with van der Waals surface area (Å²) in [5, 5.41) is 7.23. The molecule has 0 radical (unpaired) electrons. The van der Waals surface area contributed by atoms with Crippen LogP contribution in [0.5, 0.6) is 0 Å². The molecule has 2 atom stereocenters. The molecule has 1 N–H and O–H groups in total. The van der Waals surface area contributed by atoms with E-state index >= 15 is 0 Å². The number of hydrogen-bond acceptors (Lipinski definition) is 3. The molecule has 2 unspecified atom stereocenters. The van der Waals surface area contributed by atoms with E-state index in [-0.39, 0.29) is 17.7 Å². The summed E-state index contributed by atoms with van der Waals surface area (Å²) in [5.74, 6) is 0.948. The van der Waals surface area contributed by atoms with Gasteiger partial charge in [0.1, 0.15) is 0 Å². The Hall–Kier alpha value is -2.95. The van der Waals surface area contributed by atoms with E-state index in [9.17, 15) is 4.79 Å². The Balaban J connectivity index is 1.66. The van der Waals surface area contributed by atoms with Gasteiger partial charge in [-0.3, -0.25) is 4.79 Å². The van der Waals surface area contributed by atoms with E-state index in [2.05, 4.69) is 29.2 Å². The van der Waals surface area contributed by atoms with E-state index in [1.165, 1.54) is 0 Å². The zero-order chi connectivity index (χ0) is 18.4. The van der Waals surface area contributed by atoms with Gasteiger partial charge in [0.15, 0.2) is 5.82 Å². The van der Waals surface area contributed by atoms with Crippen LogP contribution >= 0.6 is 0 Å². The third-order valence-electron chi connectivity index (χ3n) is 4.67. The van der Waals surface area contributed by atoms with Crippen LogP contribution in [0.4, 0.5) is 0 Å². The molecule has 3 aromatic rings. The Labute approximate surface area is 154 Å². The summed E-state index contributed by atoms with van der Waals surface area (Å²) in [5.41, 5.74) is 2.02. The molecule has 5 heteroatoms. The Morgan fingerprint density at radius 3 is 2.58 bits per heavy atom. The number of nitrogens with one attached hydrogen (secondary N) is 1. The maximum Gasteiger partial charge on any atom is 0.228 e. The van der Waals surface area contributed by atoms with Gasteiger partial charge in [-0.05, 0) is 29.2 Å². The highest BCUT2D eigenvalue weighted by atomic mass is 16.1. The van der Waals surface area contributed by atoms with Crippen molar-refractivity contribution in [3.8, 4) is 5.82 Å². The summed E-state index contributed by atoms with van der Waals surface area (Å²) in [6, 6.07) is 15.7. The number of carbonyl (C=O) groups is 1. The fourth-order valence-electron chi connectivity index (χ4n) is 2.99. The third kappa shape index (κ3) is 4.17. The zero-order valence-corrected chi connectivity index (χ0v) is 15.2. The van der Waals surface area contributed by atoms with Gasteiger partial charge in [-0.1, -0.05) is 56.7 Å². The third-order valence-corrected chi connectivity index (χ3v) is 4.67. The van der Waals surface area contributed by atoms with Crippen LogP contribution in [0.25, 0.3) is 5.82 Å². The molecule has 134 valence electrons. The highest BCUT2D eigenvalue weighted by Gasteiger charge is 2.25. The maximum atomic E-state index is 12.8. The van der Waals surface area contributed by atoms with Gasteiger partial charge in [-0.2, -0.15) is 5.10 Å². The normalized spacial score (nSPS) is 13.2. The number of hydrogen-bond donors (Lipinski definition) is 1. The molecule has 2 heterocycles. The second-order valence-corrected chi connectivity index (χ2v) is 6.47. The molecule has 0 bridgehead atoms. The van der Waals surface area contributed by atoms with E-state index in [4.69, 9.17) is 0 Å². The Morgan fingerprint density at radius 1 is 1.15 bits per heavy atom. The van der Waals surface area contributed by atoms with Crippen LogP contribution in [0, 0.1) is 5.92 Å². The van der Waals surface area contributed by atoms with Crippen molar-refractivity contribution in [2.75, 3.05) is 0 Å². The summed E-state index contributed by atoms with van der Waals surface area (Å²) in [6.07, 6.45) is 6.29. The van der Waals surface area contributed by atoms with Gasteiger partial charge >= 0.3 is 0 Å². The van der Waals surface area contributed by atoms with E-state index in [0.29, 0.717) is 6.54 Å². The van der Waals surface area contributed by atoms with E-state index in [0.717, 1.165) is 23.4 Å². The topological polar surface area (TPSA) is 59.8 Å². The monoisotopic (exact) mass is 348 g/mol. The first-order valence-corrected chi connectivity index (χ1v) is 8.96. The number of pyridine rings is 1. The molecule has 0 aliphatic rings. The molecule has 3 rings (SSSR count). The molecule has 0 fully saturated rings. The van der Waals surface area contributed by atoms with Gasteiger partial charge in [0.05, 0.1) is 5.92 Å². The summed E-state index contributed by atoms with van der Waals surface area (Å²) in [7, 11) is 0. The Morgan fingerprint density at radius 2 is 1.96 bits per heavy atom.